The Labute approximate surface area is 117 Å². The van der Waals surface area contributed by atoms with Gasteiger partial charge in [-0.3, -0.25) is 4.79 Å². The molecule has 7 nitrogen and oxygen atoms in total. The topological polar surface area (TPSA) is 110 Å². The zero-order chi connectivity index (χ0) is 15.0. The first kappa shape index (κ1) is 16.7. The number of rotatable bonds is 2. The van der Waals surface area contributed by atoms with Gasteiger partial charge in [0.1, 0.15) is 0 Å². The van der Waals surface area contributed by atoms with E-state index in [1.807, 2.05) is 0 Å². The Balaban J connectivity index is 0.000000612. The zero-order valence-corrected chi connectivity index (χ0v) is 10.8. The zero-order valence-electron chi connectivity index (χ0n) is 10.8. The highest BCUT2D eigenvalue weighted by Gasteiger charge is 2.19. The Kier molecular flexibility index (Phi) is 7.27. The van der Waals surface area contributed by atoms with Crippen LogP contribution in [0.15, 0.2) is 24.3 Å². The van der Waals surface area contributed by atoms with E-state index < -0.39 is 7.12 Å². The second-order valence-corrected chi connectivity index (χ2v) is 4.02. The first-order valence-corrected chi connectivity index (χ1v) is 6.03. The first-order valence-electron chi connectivity index (χ1n) is 6.03. The van der Waals surface area contributed by atoms with Crippen molar-refractivity contribution in [1.29, 1.82) is 0 Å². The number of carbonyl (C=O) groups is 1. The van der Waals surface area contributed by atoms with Crippen molar-refractivity contribution in [2.75, 3.05) is 26.3 Å². The van der Waals surface area contributed by atoms with Crippen LogP contribution in [-0.4, -0.2) is 72.0 Å². The number of amides is 1. The normalized spacial score (nSPS) is 14.1. The summed E-state index contributed by atoms with van der Waals surface area (Å²) < 4.78 is 5.18. The monoisotopic (exact) mass is 280 g/mol. The van der Waals surface area contributed by atoms with E-state index >= 15 is 0 Å². The molecule has 1 radical (unpaired) electrons. The minimum Gasteiger partial charge on any atom is -0.429 e. The van der Waals surface area contributed by atoms with Gasteiger partial charge in [-0.1, -0.05) is 12.1 Å². The highest BCUT2D eigenvalue weighted by Crippen LogP contribution is 2.06. The van der Waals surface area contributed by atoms with Gasteiger partial charge in [-0.05, 0) is 17.6 Å². The van der Waals surface area contributed by atoms with Crippen LogP contribution in [0.2, 0.25) is 0 Å². The molecule has 1 heterocycles. The van der Waals surface area contributed by atoms with E-state index in [-0.39, 0.29) is 13.6 Å². The summed E-state index contributed by atoms with van der Waals surface area (Å²) in [5.41, 5.74) is 0.930. The lowest BCUT2D eigenvalue weighted by Gasteiger charge is -2.26. The highest BCUT2D eigenvalue weighted by molar-refractivity contribution is 6.58. The Morgan fingerprint density at radius 3 is 2.10 bits per heavy atom. The molecule has 9 heteroatoms. The lowest BCUT2D eigenvalue weighted by molar-refractivity contribution is 0.0303. The van der Waals surface area contributed by atoms with Crippen LogP contribution in [-0.2, 0) is 4.74 Å². The fourth-order valence-corrected chi connectivity index (χ4v) is 1.75. The van der Waals surface area contributed by atoms with Crippen LogP contribution >= 0.6 is 0 Å². The molecule has 2 rings (SSSR count). The summed E-state index contributed by atoms with van der Waals surface area (Å²) in [5.74, 6) is -0.0488. The number of ether oxygens (including phenoxy) is 1. The third-order valence-corrected chi connectivity index (χ3v) is 2.75. The second kappa shape index (κ2) is 8.72. The molecule has 0 saturated carbocycles. The molecule has 0 spiro atoms. The van der Waals surface area contributed by atoms with E-state index in [1.165, 1.54) is 0 Å². The van der Waals surface area contributed by atoms with Crippen molar-refractivity contribution in [1.82, 2.24) is 4.90 Å². The molecule has 0 aromatic heterocycles. The van der Waals surface area contributed by atoms with Crippen LogP contribution in [0.1, 0.15) is 10.4 Å². The van der Waals surface area contributed by atoms with Crippen LogP contribution in [0.25, 0.3) is 0 Å². The third-order valence-electron chi connectivity index (χ3n) is 2.75. The number of morpholine rings is 1. The Morgan fingerprint density at radius 1 is 1.15 bits per heavy atom. The van der Waals surface area contributed by atoms with Gasteiger partial charge in [0.15, 0.2) is 0 Å². The summed E-state index contributed by atoms with van der Waals surface area (Å²) >= 11 is 0. The van der Waals surface area contributed by atoms with Gasteiger partial charge in [0, 0.05) is 18.7 Å². The maximum atomic E-state index is 12.0. The summed E-state index contributed by atoms with van der Waals surface area (Å²) in [6.45, 7) is 2.34. The molecular weight excluding hydrogens is 264 g/mol. The predicted octanol–water partition coefficient (Wildman–Crippen LogP) is -2.66. The first-order chi connectivity index (χ1) is 9.60. The van der Waals surface area contributed by atoms with Crippen LogP contribution < -0.4 is 5.46 Å². The van der Waals surface area contributed by atoms with E-state index in [2.05, 4.69) is 0 Å². The quantitative estimate of drug-likeness (QED) is 0.440. The average molecular weight is 280 g/mol. The molecule has 1 aromatic carbocycles. The smallest absolute Gasteiger partial charge is 0.429 e. The van der Waals surface area contributed by atoms with Gasteiger partial charge < -0.3 is 29.7 Å². The molecule has 0 atom stereocenters. The summed E-state index contributed by atoms with van der Waals surface area (Å²) in [6, 6.07) is 6.29. The van der Waals surface area contributed by atoms with Crippen molar-refractivity contribution in [3.05, 3.63) is 29.8 Å². The molecular formula is C11H16B2NO6. The average Bonchev–Trinajstić information content (AvgIpc) is 2.48. The van der Waals surface area contributed by atoms with Gasteiger partial charge in [0.25, 0.3) is 5.91 Å². The third kappa shape index (κ3) is 4.95. The Bertz CT molecular complexity index is 408. The molecule has 1 saturated heterocycles. The second-order valence-electron chi connectivity index (χ2n) is 4.02. The summed E-state index contributed by atoms with van der Waals surface area (Å²) in [6.07, 6.45) is 0. The van der Waals surface area contributed by atoms with E-state index in [4.69, 9.17) is 24.8 Å². The Morgan fingerprint density at radius 2 is 1.65 bits per heavy atom. The largest absolute Gasteiger partial charge is 0.488 e. The van der Waals surface area contributed by atoms with Crippen molar-refractivity contribution in [3.8, 4) is 0 Å². The highest BCUT2D eigenvalue weighted by atomic mass is 16.5. The minimum atomic E-state index is -1.50. The van der Waals surface area contributed by atoms with Crippen molar-refractivity contribution in [2.45, 2.75) is 0 Å². The van der Waals surface area contributed by atoms with E-state index in [0.717, 1.165) is 0 Å². The molecule has 1 aliphatic heterocycles. The van der Waals surface area contributed by atoms with Gasteiger partial charge in [0.05, 0.1) is 13.2 Å². The van der Waals surface area contributed by atoms with Crippen molar-refractivity contribution in [2.24, 2.45) is 0 Å². The van der Waals surface area contributed by atoms with Crippen molar-refractivity contribution < 1.29 is 29.6 Å². The van der Waals surface area contributed by atoms with Gasteiger partial charge in [0.2, 0.25) is 0 Å². The standard InChI is InChI=1S/C11H14BNO4.BH2O2/c14-11(13-5-7-17-8-6-13)9-1-3-10(4-2-9)12(15)16;2-1-3/h1-4,15-16H,5-8H2;2-3H. The number of nitrogens with zero attached hydrogens (tertiary/aromatic N) is 1. The van der Waals surface area contributed by atoms with Crippen LogP contribution in [0.5, 0.6) is 0 Å². The molecule has 1 aliphatic rings. The molecule has 107 valence electrons. The molecule has 0 aliphatic carbocycles. The molecule has 0 bridgehead atoms. The molecule has 20 heavy (non-hydrogen) atoms. The van der Waals surface area contributed by atoms with Crippen molar-refractivity contribution in [3.63, 3.8) is 0 Å². The summed E-state index contributed by atoms with van der Waals surface area (Å²) in [4.78, 5) is 13.8. The van der Waals surface area contributed by atoms with Crippen LogP contribution in [0.4, 0.5) is 0 Å². The minimum absolute atomic E-state index is 0. The van der Waals surface area contributed by atoms with Gasteiger partial charge in [-0.15, -0.1) is 0 Å². The van der Waals surface area contributed by atoms with Crippen molar-refractivity contribution >= 4 is 26.2 Å². The number of carbonyl (C=O) groups excluding carboxylic acids is 1. The predicted molar refractivity (Wildman–Crippen MR) is 73.2 cm³/mol. The van der Waals surface area contributed by atoms with Gasteiger partial charge in [-0.25, -0.2) is 0 Å². The van der Waals surface area contributed by atoms with Crippen LogP contribution in [0.3, 0.4) is 0 Å². The molecule has 1 amide bonds. The maximum Gasteiger partial charge on any atom is 0.488 e. The maximum absolute atomic E-state index is 12.0. The van der Waals surface area contributed by atoms with Crippen LogP contribution in [0, 0.1) is 0 Å². The lowest BCUT2D eigenvalue weighted by Crippen LogP contribution is -2.40. The summed E-state index contributed by atoms with van der Waals surface area (Å²) in [7, 11) is -1.50. The molecule has 1 fully saturated rings. The fourth-order valence-electron chi connectivity index (χ4n) is 1.75. The summed E-state index contributed by atoms with van der Waals surface area (Å²) in [5, 5.41) is 31.9. The van der Waals surface area contributed by atoms with E-state index in [1.54, 1.807) is 29.2 Å². The number of benzene rings is 1. The number of hydrogen-bond donors (Lipinski definition) is 4. The molecule has 4 N–H and O–H groups in total. The lowest BCUT2D eigenvalue weighted by atomic mass is 9.80. The number of hydrogen-bond acceptors (Lipinski definition) is 6. The fraction of sp³-hybridized carbons (Fsp3) is 0.364. The van der Waals surface area contributed by atoms with Gasteiger partial charge >= 0.3 is 14.8 Å². The Hall–Kier alpha value is -1.38. The SMILES string of the molecule is O=C(c1ccc(B(O)O)cc1)N1CCOCC1.O[B]O. The van der Waals surface area contributed by atoms with E-state index in [0.29, 0.717) is 37.3 Å². The van der Waals surface area contributed by atoms with Gasteiger partial charge in [-0.2, -0.15) is 0 Å². The van der Waals surface area contributed by atoms with E-state index in [9.17, 15) is 4.79 Å². The molecule has 0 unspecified atom stereocenters. The molecule has 1 aromatic rings.